The lowest BCUT2D eigenvalue weighted by molar-refractivity contribution is 0.0332. The number of benzene rings is 1. The van der Waals surface area contributed by atoms with Gasteiger partial charge in [-0.1, -0.05) is 53.5 Å². The molecule has 128 valence electrons. The number of halogens is 2. The van der Waals surface area contributed by atoms with Crippen LogP contribution in [0.4, 0.5) is 0 Å². The van der Waals surface area contributed by atoms with Gasteiger partial charge in [0.15, 0.2) is 0 Å². The van der Waals surface area contributed by atoms with Crippen LogP contribution < -0.4 is 5.32 Å². The molecule has 1 atom stereocenters. The van der Waals surface area contributed by atoms with Crippen molar-refractivity contribution in [2.75, 3.05) is 32.8 Å². The monoisotopic (exact) mass is 367 g/mol. The first kappa shape index (κ1) is 17.3. The minimum Gasteiger partial charge on any atom is -0.379 e. The van der Waals surface area contributed by atoms with Crippen LogP contribution in [0, 0.1) is 0 Å². The van der Waals surface area contributed by atoms with Crippen LogP contribution in [0.1, 0.15) is 22.1 Å². The Balaban J connectivity index is 1.75. The van der Waals surface area contributed by atoms with Gasteiger partial charge < -0.3 is 15.0 Å². The van der Waals surface area contributed by atoms with Gasteiger partial charge in [0.2, 0.25) is 0 Å². The van der Waals surface area contributed by atoms with Crippen LogP contribution >= 0.6 is 23.2 Å². The molecule has 1 aromatic carbocycles. The number of aromatic nitrogens is 1. The average Bonchev–Trinajstić information content (AvgIpc) is 2.95. The van der Waals surface area contributed by atoms with Crippen molar-refractivity contribution >= 4 is 29.1 Å². The zero-order valence-electron chi connectivity index (χ0n) is 13.1. The predicted octanol–water partition coefficient (Wildman–Crippen LogP) is 3.12. The maximum atomic E-state index is 12.5. The van der Waals surface area contributed by atoms with Crippen molar-refractivity contribution in [3.63, 3.8) is 0 Å². The molecule has 0 saturated carbocycles. The van der Waals surface area contributed by atoms with E-state index in [4.69, 9.17) is 27.9 Å². The summed E-state index contributed by atoms with van der Waals surface area (Å²) in [4.78, 5) is 17.6. The first-order valence-corrected chi connectivity index (χ1v) is 8.59. The molecule has 0 aliphatic carbocycles. The summed E-state index contributed by atoms with van der Waals surface area (Å²) in [6.07, 6.45) is 0. The Morgan fingerprint density at radius 2 is 1.96 bits per heavy atom. The Morgan fingerprint density at radius 1 is 1.25 bits per heavy atom. The molecule has 1 amide bonds. The predicted molar refractivity (Wildman–Crippen MR) is 94.7 cm³/mol. The van der Waals surface area contributed by atoms with Crippen molar-refractivity contribution in [3.05, 3.63) is 57.8 Å². The molecule has 2 aromatic rings. The summed E-state index contributed by atoms with van der Waals surface area (Å²) in [5.41, 5.74) is 1.41. The van der Waals surface area contributed by atoms with Gasteiger partial charge in [0, 0.05) is 19.6 Å². The first-order valence-electron chi connectivity index (χ1n) is 7.83. The number of aromatic amines is 1. The van der Waals surface area contributed by atoms with E-state index >= 15 is 0 Å². The Kier molecular flexibility index (Phi) is 5.79. The molecule has 1 unspecified atom stereocenters. The Hall–Kier alpha value is -1.53. The molecular formula is C17H19Cl2N3O2. The summed E-state index contributed by atoms with van der Waals surface area (Å²) in [7, 11) is 0. The molecular weight excluding hydrogens is 349 g/mol. The minimum atomic E-state index is -0.231. The Morgan fingerprint density at radius 3 is 2.58 bits per heavy atom. The summed E-state index contributed by atoms with van der Waals surface area (Å²) in [6, 6.07) is 11.3. The Bertz CT molecular complexity index is 665. The van der Waals surface area contributed by atoms with Crippen LogP contribution in [-0.2, 0) is 4.74 Å². The number of ether oxygens (including phenoxy) is 1. The summed E-state index contributed by atoms with van der Waals surface area (Å²) in [6.45, 7) is 3.88. The summed E-state index contributed by atoms with van der Waals surface area (Å²) in [5, 5.41) is 3.68. The van der Waals surface area contributed by atoms with Gasteiger partial charge in [-0.05, 0) is 11.6 Å². The van der Waals surface area contributed by atoms with E-state index in [0.717, 1.165) is 38.4 Å². The normalized spacial score (nSPS) is 16.8. The second-order valence-electron chi connectivity index (χ2n) is 5.69. The number of morpholine rings is 1. The third-order valence-corrected chi connectivity index (χ3v) is 4.71. The van der Waals surface area contributed by atoms with Crippen molar-refractivity contribution in [1.29, 1.82) is 0 Å². The van der Waals surface area contributed by atoms with Crippen molar-refractivity contribution in [1.82, 2.24) is 15.2 Å². The maximum absolute atomic E-state index is 12.5. The van der Waals surface area contributed by atoms with Crippen LogP contribution in [0.2, 0.25) is 10.2 Å². The van der Waals surface area contributed by atoms with E-state index in [-0.39, 0.29) is 17.1 Å². The summed E-state index contributed by atoms with van der Waals surface area (Å²) >= 11 is 11.8. The van der Waals surface area contributed by atoms with Gasteiger partial charge in [-0.25, -0.2) is 0 Å². The Labute approximate surface area is 150 Å². The quantitative estimate of drug-likeness (QED) is 0.853. The molecule has 7 heteroatoms. The lowest BCUT2D eigenvalue weighted by Gasteiger charge is -2.31. The van der Waals surface area contributed by atoms with Crippen LogP contribution in [0.25, 0.3) is 0 Å². The fraction of sp³-hybridized carbons (Fsp3) is 0.353. The molecule has 1 aliphatic rings. The third-order valence-electron chi connectivity index (χ3n) is 4.02. The average molecular weight is 368 g/mol. The number of nitrogens with zero attached hydrogens (tertiary/aromatic N) is 1. The van der Waals surface area contributed by atoms with Crippen LogP contribution in [0.3, 0.4) is 0 Å². The summed E-state index contributed by atoms with van der Waals surface area (Å²) < 4.78 is 5.39. The van der Waals surface area contributed by atoms with E-state index in [9.17, 15) is 4.79 Å². The number of hydrogen-bond acceptors (Lipinski definition) is 3. The molecule has 0 radical (unpaired) electrons. The van der Waals surface area contributed by atoms with Gasteiger partial charge in [0.05, 0.1) is 24.3 Å². The highest BCUT2D eigenvalue weighted by molar-refractivity contribution is 6.41. The zero-order valence-corrected chi connectivity index (χ0v) is 14.6. The van der Waals surface area contributed by atoms with E-state index in [1.54, 1.807) is 0 Å². The van der Waals surface area contributed by atoms with E-state index in [2.05, 4.69) is 15.2 Å². The number of rotatable bonds is 5. The van der Waals surface area contributed by atoms with Gasteiger partial charge in [0.25, 0.3) is 5.91 Å². The first-order chi connectivity index (χ1) is 11.6. The number of H-pyrrole nitrogens is 1. The van der Waals surface area contributed by atoms with Gasteiger partial charge in [-0.3, -0.25) is 9.69 Å². The van der Waals surface area contributed by atoms with Crippen molar-refractivity contribution in [3.8, 4) is 0 Å². The smallest absolute Gasteiger partial charge is 0.268 e. The molecule has 1 aliphatic heterocycles. The van der Waals surface area contributed by atoms with E-state index in [1.807, 2.05) is 30.3 Å². The second kappa shape index (κ2) is 8.03. The fourth-order valence-corrected chi connectivity index (χ4v) is 3.04. The highest BCUT2D eigenvalue weighted by Gasteiger charge is 2.21. The van der Waals surface area contributed by atoms with E-state index in [1.165, 1.54) is 6.07 Å². The fourth-order valence-electron chi connectivity index (χ4n) is 2.72. The number of carbonyl (C=O) groups is 1. The van der Waals surface area contributed by atoms with Crippen molar-refractivity contribution in [2.24, 2.45) is 0 Å². The van der Waals surface area contributed by atoms with Crippen LogP contribution in [0.5, 0.6) is 0 Å². The lowest BCUT2D eigenvalue weighted by atomic mass is 10.1. The molecule has 2 N–H and O–H groups in total. The molecule has 24 heavy (non-hydrogen) atoms. The number of carbonyl (C=O) groups excluding carboxylic acids is 1. The number of hydrogen-bond donors (Lipinski definition) is 2. The maximum Gasteiger partial charge on any atom is 0.268 e. The molecule has 5 nitrogen and oxygen atoms in total. The molecule has 3 rings (SSSR count). The van der Waals surface area contributed by atoms with Gasteiger partial charge >= 0.3 is 0 Å². The topological polar surface area (TPSA) is 57.4 Å². The lowest BCUT2D eigenvalue weighted by Crippen LogP contribution is -2.43. The van der Waals surface area contributed by atoms with Gasteiger partial charge in [-0.15, -0.1) is 0 Å². The third kappa shape index (κ3) is 4.30. The molecule has 1 fully saturated rings. The van der Waals surface area contributed by atoms with E-state index < -0.39 is 0 Å². The van der Waals surface area contributed by atoms with Crippen molar-refractivity contribution < 1.29 is 9.53 Å². The highest BCUT2D eigenvalue weighted by Crippen LogP contribution is 2.23. The van der Waals surface area contributed by atoms with Crippen molar-refractivity contribution in [2.45, 2.75) is 6.04 Å². The van der Waals surface area contributed by atoms with Gasteiger partial charge in [-0.2, -0.15) is 0 Å². The van der Waals surface area contributed by atoms with Gasteiger partial charge in [0.1, 0.15) is 10.8 Å². The summed E-state index contributed by atoms with van der Waals surface area (Å²) in [5.74, 6) is -0.231. The highest BCUT2D eigenvalue weighted by atomic mass is 35.5. The number of nitrogens with one attached hydrogen (secondary N) is 2. The SMILES string of the molecule is O=C(NC(CN1CCOCC1)c1ccccc1)c1cc(Cl)c(Cl)[nH]1. The number of amides is 1. The second-order valence-corrected chi connectivity index (χ2v) is 6.48. The standard InChI is InChI=1S/C17H19Cl2N3O2/c18-13-10-14(20-16(13)19)17(23)21-15(12-4-2-1-3-5-12)11-22-6-8-24-9-7-22/h1-5,10,15,20H,6-9,11H2,(H,21,23). The largest absolute Gasteiger partial charge is 0.379 e. The minimum absolute atomic E-state index is 0.127. The zero-order chi connectivity index (χ0) is 16.9. The van der Waals surface area contributed by atoms with Crippen LogP contribution in [-0.4, -0.2) is 48.6 Å². The molecule has 1 aromatic heterocycles. The van der Waals surface area contributed by atoms with Crippen LogP contribution in [0.15, 0.2) is 36.4 Å². The van der Waals surface area contributed by atoms with E-state index in [0.29, 0.717) is 10.7 Å². The molecule has 0 spiro atoms. The molecule has 2 heterocycles. The molecule has 0 bridgehead atoms. The molecule has 1 saturated heterocycles.